The molecule has 1 aromatic carbocycles. The summed E-state index contributed by atoms with van der Waals surface area (Å²) in [7, 11) is 0. The highest BCUT2D eigenvalue weighted by molar-refractivity contribution is 9.10. The van der Waals surface area contributed by atoms with Crippen molar-refractivity contribution < 1.29 is 13.6 Å². The Labute approximate surface area is 172 Å². The number of aromatic nitrogens is 2. The SMILES string of the molecule is Cc1c(C(=O)Nc2c(F)cc(F)cc2Br)sc2ncnc(N3CCCCC3)c12. The Bertz CT molecular complexity index is 1040. The van der Waals surface area contributed by atoms with Crippen LogP contribution in [0.15, 0.2) is 22.9 Å². The third kappa shape index (κ3) is 3.48. The molecule has 146 valence electrons. The smallest absolute Gasteiger partial charge is 0.266 e. The fourth-order valence-corrected chi connectivity index (χ4v) is 4.99. The molecule has 0 atom stereocenters. The zero-order valence-corrected chi connectivity index (χ0v) is 17.5. The topological polar surface area (TPSA) is 58.1 Å². The number of carbonyl (C=O) groups is 1. The number of benzene rings is 1. The summed E-state index contributed by atoms with van der Waals surface area (Å²) in [5.74, 6) is -1.18. The number of rotatable bonds is 3. The van der Waals surface area contributed by atoms with E-state index in [1.807, 2.05) is 6.92 Å². The highest BCUT2D eigenvalue weighted by atomic mass is 79.9. The number of fused-ring (bicyclic) bond motifs is 1. The van der Waals surface area contributed by atoms with Crippen molar-refractivity contribution in [1.82, 2.24) is 9.97 Å². The summed E-state index contributed by atoms with van der Waals surface area (Å²) in [5, 5.41) is 3.40. The van der Waals surface area contributed by atoms with Gasteiger partial charge in [-0.1, -0.05) is 0 Å². The van der Waals surface area contributed by atoms with Gasteiger partial charge >= 0.3 is 0 Å². The number of anilines is 2. The minimum Gasteiger partial charge on any atom is -0.356 e. The van der Waals surface area contributed by atoms with Crippen molar-refractivity contribution in [3.8, 4) is 0 Å². The Morgan fingerprint density at radius 1 is 1.21 bits per heavy atom. The first-order valence-electron chi connectivity index (χ1n) is 8.90. The van der Waals surface area contributed by atoms with Gasteiger partial charge in [-0.15, -0.1) is 11.3 Å². The monoisotopic (exact) mass is 466 g/mol. The zero-order chi connectivity index (χ0) is 19.8. The number of nitrogens with zero attached hydrogens (tertiary/aromatic N) is 3. The van der Waals surface area contributed by atoms with Gasteiger partial charge in [-0.05, 0) is 53.7 Å². The maximum atomic E-state index is 14.1. The lowest BCUT2D eigenvalue weighted by Crippen LogP contribution is -2.30. The normalized spacial score (nSPS) is 14.5. The number of hydrogen-bond acceptors (Lipinski definition) is 5. The van der Waals surface area contributed by atoms with E-state index in [0.29, 0.717) is 4.88 Å². The second kappa shape index (κ2) is 7.71. The molecule has 0 radical (unpaired) electrons. The Hall–Kier alpha value is -2.13. The summed E-state index contributed by atoms with van der Waals surface area (Å²) >= 11 is 4.34. The minimum atomic E-state index is -0.840. The minimum absolute atomic E-state index is 0.0920. The van der Waals surface area contributed by atoms with Gasteiger partial charge in [-0.2, -0.15) is 0 Å². The number of aryl methyl sites for hydroxylation is 1. The molecule has 1 amide bonds. The summed E-state index contributed by atoms with van der Waals surface area (Å²) in [4.78, 5) is 25.0. The molecule has 3 aromatic rings. The van der Waals surface area contributed by atoms with E-state index in [0.717, 1.165) is 59.7 Å². The third-order valence-corrected chi connectivity index (χ3v) is 6.64. The predicted octanol–water partition coefficient (Wildman–Crippen LogP) is 5.28. The summed E-state index contributed by atoms with van der Waals surface area (Å²) in [6.45, 7) is 3.70. The number of amides is 1. The van der Waals surface area contributed by atoms with Gasteiger partial charge < -0.3 is 10.2 Å². The van der Waals surface area contributed by atoms with E-state index in [9.17, 15) is 13.6 Å². The van der Waals surface area contributed by atoms with E-state index in [1.54, 1.807) is 0 Å². The van der Waals surface area contributed by atoms with Crippen LogP contribution in [0.1, 0.15) is 34.5 Å². The van der Waals surface area contributed by atoms with Crippen LogP contribution in [0.25, 0.3) is 10.2 Å². The Kier molecular flexibility index (Phi) is 5.29. The Morgan fingerprint density at radius 2 is 1.96 bits per heavy atom. The van der Waals surface area contributed by atoms with E-state index in [1.165, 1.54) is 24.1 Å². The van der Waals surface area contributed by atoms with Crippen molar-refractivity contribution in [3.05, 3.63) is 45.0 Å². The summed E-state index contributed by atoms with van der Waals surface area (Å²) in [6, 6.07) is 1.84. The molecule has 3 heterocycles. The predicted molar refractivity (Wildman–Crippen MR) is 110 cm³/mol. The first-order valence-corrected chi connectivity index (χ1v) is 10.5. The lowest BCUT2D eigenvalue weighted by molar-refractivity contribution is 0.102. The number of piperidine rings is 1. The number of thiophene rings is 1. The Balaban J connectivity index is 1.71. The van der Waals surface area contributed by atoms with Crippen molar-refractivity contribution in [1.29, 1.82) is 0 Å². The van der Waals surface area contributed by atoms with Gasteiger partial charge in [0, 0.05) is 23.6 Å². The van der Waals surface area contributed by atoms with Crippen LogP contribution < -0.4 is 10.2 Å². The van der Waals surface area contributed by atoms with E-state index in [2.05, 4.69) is 36.1 Å². The molecule has 5 nitrogen and oxygen atoms in total. The fourth-order valence-electron chi connectivity index (χ4n) is 3.45. The van der Waals surface area contributed by atoms with Gasteiger partial charge in [0.1, 0.15) is 22.8 Å². The zero-order valence-electron chi connectivity index (χ0n) is 15.1. The van der Waals surface area contributed by atoms with Crippen LogP contribution in [-0.2, 0) is 0 Å². The van der Waals surface area contributed by atoms with Crippen molar-refractivity contribution >= 4 is 54.9 Å². The van der Waals surface area contributed by atoms with Crippen molar-refractivity contribution in [2.75, 3.05) is 23.3 Å². The maximum Gasteiger partial charge on any atom is 0.266 e. The molecule has 1 N–H and O–H groups in total. The molecule has 1 aliphatic rings. The standard InChI is InChI=1S/C19H17BrF2N4OS/c1-10-14-17(26-5-3-2-4-6-26)23-9-24-19(14)28-16(10)18(27)25-15-12(20)7-11(21)8-13(15)22/h7-9H,2-6H2,1H3,(H,25,27). The number of halogens is 3. The molecule has 2 aromatic heterocycles. The van der Waals surface area contributed by atoms with Gasteiger partial charge in [0.25, 0.3) is 5.91 Å². The van der Waals surface area contributed by atoms with Crippen LogP contribution in [0, 0.1) is 18.6 Å². The van der Waals surface area contributed by atoms with Crippen LogP contribution in [0.5, 0.6) is 0 Å². The van der Waals surface area contributed by atoms with Crippen LogP contribution in [0.2, 0.25) is 0 Å². The fraction of sp³-hybridized carbons (Fsp3) is 0.316. The second-order valence-corrected chi connectivity index (χ2v) is 8.53. The average molecular weight is 467 g/mol. The van der Waals surface area contributed by atoms with Crippen LogP contribution in [0.3, 0.4) is 0 Å². The molecule has 0 aliphatic carbocycles. The van der Waals surface area contributed by atoms with Crippen LogP contribution in [0.4, 0.5) is 20.3 Å². The average Bonchev–Trinajstić information content (AvgIpc) is 3.02. The molecule has 9 heteroatoms. The number of nitrogens with one attached hydrogen (secondary N) is 1. The van der Waals surface area contributed by atoms with Crippen molar-refractivity contribution in [3.63, 3.8) is 0 Å². The molecular weight excluding hydrogens is 450 g/mol. The highest BCUT2D eigenvalue weighted by Gasteiger charge is 2.24. The van der Waals surface area contributed by atoms with E-state index in [4.69, 9.17) is 0 Å². The molecule has 1 aliphatic heterocycles. The highest BCUT2D eigenvalue weighted by Crippen LogP contribution is 2.36. The van der Waals surface area contributed by atoms with Crippen LogP contribution >= 0.6 is 27.3 Å². The summed E-state index contributed by atoms with van der Waals surface area (Å²) in [6.07, 6.45) is 4.94. The molecule has 0 bridgehead atoms. The quantitative estimate of drug-likeness (QED) is 0.570. The number of carbonyl (C=O) groups excluding carboxylic acids is 1. The van der Waals surface area contributed by atoms with Crippen molar-refractivity contribution in [2.45, 2.75) is 26.2 Å². The lowest BCUT2D eigenvalue weighted by atomic mass is 10.1. The lowest BCUT2D eigenvalue weighted by Gasteiger charge is -2.28. The molecule has 0 saturated carbocycles. The largest absolute Gasteiger partial charge is 0.356 e. The van der Waals surface area contributed by atoms with Crippen molar-refractivity contribution in [2.24, 2.45) is 0 Å². The first kappa shape index (κ1) is 19.2. The summed E-state index contributed by atoms with van der Waals surface area (Å²) in [5.41, 5.74) is 0.669. The van der Waals surface area contributed by atoms with E-state index < -0.39 is 17.5 Å². The molecule has 1 fully saturated rings. The molecule has 4 rings (SSSR count). The van der Waals surface area contributed by atoms with Gasteiger partial charge in [0.15, 0.2) is 5.82 Å². The molecule has 28 heavy (non-hydrogen) atoms. The van der Waals surface area contributed by atoms with Gasteiger partial charge in [0.2, 0.25) is 0 Å². The molecule has 1 saturated heterocycles. The van der Waals surface area contributed by atoms with E-state index in [-0.39, 0.29) is 10.2 Å². The summed E-state index contributed by atoms with van der Waals surface area (Å²) < 4.78 is 27.5. The number of hydrogen-bond donors (Lipinski definition) is 1. The van der Waals surface area contributed by atoms with Gasteiger partial charge in [0.05, 0.1) is 16.0 Å². The van der Waals surface area contributed by atoms with Crippen LogP contribution in [-0.4, -0.2) is 29.0 Å². The third-order valence-electron chi connectivity index (χ3n) is 4.81. The van der Waals surface area contributed by atoms with Gasteiger partial charge in [-0.3, -0.25) is 4.79 Å². The first-order chi connectivity index (χ1) is 13.5. The van der Waals surface area contributed by atoms with E-state index >= 15 is 0 Å². The molecule has 0 spiro atoms. The van der Waals surface area contributed by atoms with Gasteiger partial charge in [-0.25, -0.2) is 18.7 Å². The Morgan fingerprint density at radius 3 is 2.68 bits per heavy atom. The molecule has 0 unspecified atom stereocenters. The maximum absolute atomic E-state index is 14.1. The molecular formula is C19H17BrF2N4OS. The second-order valence-electron chi connectivity index (χ2n) is 6.68.